The van der Waals surface area contributed by atoms with Gasteiger partial charge in [-0.25, -0.2) is 4.79 Å². The molecule has 2 aromatic rings. The van der Waals surface area contributed by atoms with Gasteiger partial charge in [0.25, 0.3) is 0 Å². The van der Waals surface area contributed by atoms with E-state index in [1.165, 1.54) is 0 Å². The van der Waals surface area contributed by atoms with Crippen LogP contribution in [0.25, 0.3) is 0 Å². The second-order valence-electron chi connectivity index (χ2n) is 4.69. The van der Waals surface area contributed by atoms with Crippen molar-refractivity contribution in [2.24, 2.45) is 0 Å². The third-order valence-electron chi connectivity index (χ3n) is 3.03. The van der Waals surface area contributed by atoms with E-state index >= 15 is 0 Å². The largest absolute Gasteiger partial charge is 0.459 e. The summed E-state index contributed by atoms with van der Waals surface area (Å²) in [6, 6.07) is 8.29. The van der Waals surface area contributed by atoms with Crippen LogP contribution in [0.2, 0.25) is 0 Å². The van der Waals surface area contributed by atoms with Gasteiger partial charge in [-0.2, -0.15) is 18.3 Å². The van der Waals surface area contributed by atoms with Gasteiger partial charge in [0.15, 0.2) is 11.7 Å². The standard InChI is InChI=1S/C15H13F3N2O3/c16-15(17,18)13-6-8-20(19-13)12(7-9-21)14(22)23-10-11-4-2-1-3-5-11/h1-6,8-9,12H,7,10H2. The summed E-state index contributed by atoms with van der Waals surface area (Å²) in [5, 5.41) is 3.31. The molecule has 8 heteroatoms. The molecule has 1 unspecified atom stereocenters. The molecule has 1 heterocycles. The summed E-state index contributed by atoms with van der Waals surface area (Å²) >= 11 is 0. The molecule has 1 aromatic heterocycles. The number of aldehydes is 1. The Morgan fingerprint density at radius 2 is 1.96 bits per heavy atom. The molecule has 0 fully saturated rings. The number of hydrogen-bond acceptors (Lipinski definition) is 4. The van der Waals surface area contributed by atoms with Gasteiger partial charge < -0.3 is 9.53 Å². The van der Waals surface area contributed by atoms with Crippen LogP contribution >= 0.6 is 0 Å². The molecule has 0 aliphatic heterocycles. The maximum absolute atomic E-state index is 12.6. The van der Waals surface area contributed by atoms with Crippen molar-refractivity contribution in [3.05, 3.63) is 53.9 Å². The van der Waals surface area contributed by atoms with Gasteiger partial charge in [0.2, 0.25) is 0 Å². The minimum absolute atomic E-state index is 0.0393. The predicted octanol–water partition coefficient (Wildman–Crippen LogP) is 2.78. The van der Waals surface area contributed by atoms with Gasteiger partial charge in [0.05, 0.1) is 0 Å². The number of carbonyl (C=O) groups excluding carboxylic acids is 2. The number of halogens is 3. The van der Waals surface area contributed by atoms with Crippen molar-refractivity contribution >= 4 is 12.3 Å². The van der Waals surface area contributed by atoms with Crippen molar-refractivity contribution < 1.29 is 27.5 Å². The van der Waals surface area contributed by atoms with Crippen molar-refractivity contribution in [3.63, 3.8) is 0 Å². The Labute approximate surface area is 129 Å². The van der Waals surface area contributed by atoms with Crippen LogP contribution in [0.1, 0.15) is 23.7 Å². The highest BCUT2D eigenvalue weighted by atomic mass is 19.4. The second-order valence-corrected chi connectivity index (χ2v) is 4.69. The van der Waals surface area contributed by atoms with Gasteiger partial charge in [-0.3, -0.25) is 4.68 Å². The van der Waals surface area contributed by atoms with E-state index in [-0.39, 0.29) is 13.0 Å². The average molecular weight is 326 g/mol. The number of esters is 1. The Morgan fingerprint density at radius 1 is 1.26 bits per heavy atom. The van der Waals surface area contributed by atoms with Gasteiger partial charge in [-0.1, -0.05) is 30.3 Å². The molecule has 122 valence electrons. The van der Waals surface area contributed by atoms with Crippen LogP contribution in [-0.4, -0.2) is 22.0 Å². The van der Waals surface area contributed by atoms with Gasteiger partial charge >= 0.3 is 12.1 Å². The fourth-order valence-electron chi connectivity index (χ4n) is 1.89. The summed E-state index contributed by atoms with van der Waals surface area (Å²) in [6.45, 7) is -0.0393. The van der Waals surface area contributed by atoms with Gasteiger partial charge in [-0.15, -0.1) is 0 Å². The number of carbonyl (C=O) groups is 2. The van der Waals surface area contributed by atoms with Crippen molar-refractivity contribution in [2.45, 2.75) is 25.2 Å². The van der Waals surface area contributed by atoms with Crippen LogP contribution in [0.5, 0.6) is 0 Å². The molecule has 0 aliphatic rings. The lowest BCUT2D eigenvalue weighted by Crippen LogP contribution is -2.23. The van der Waals surface area contributed by atoms with Crippen molar-refractivity contribution in [1.29, 1.82) is 0 Å². The maximum atomic E-state index is 12.6. The molecular formula is C15H13F3N2O3. The number of hydrogen-bond donors (Lipinski definition) is 0. The highest BCUT2D eigenvalue weighted by Gasteiger charge is 2.35. The Hall–Kier alpha value is -2.64. The Kier molecular flexibility index (Phi) is 5.15. The molecule has 23 heavy (non-hydrogen) atoms. The summed E-state index contributed by atoms with van der Waals surface area (Å²) in [7, 11) is 0. The molecule has 1 aromatic carbocycles. The van der Waals surface area contributed by atoms with Crippen LogP contribution in [0, 0.1) is 0 Å². The van der Waals surface area contributed by atoms with E-state index in [0.29, 0.717) is 6.29 Å². The second kappa shape index (κ2) is 7.08. The lowest BCUT2D eigenvalue weighted by atomic mass is 10.2. The summed E-state index contributed by atoms with van der Waals surface area (Å²) in [6.07, 6.45) is -3.51. The number of aromatic nitrogens is 2. The highest BCUT2D eigenvalue weighted by molar-refractivity contribution is 5.77. The fourth-order valence-corrected chi connectivity index (χ4v) is 1.89. The van der Waals surface area contributed by atoms with Crippen LogP contribution in [0.4, 0.5) is 13.2 Å². The molecule has 0 saturated carbocycles. The third kappa shape index (κ3) is 4.41. The van der Waals surface area contributed by atoms with E-state index in [4.69, 9.17) is 4.74 Å². The van der Waals surface area contributed by atoms with Gasteiger partial charge in [-0.05, 0) is 11.6 Å². The first-order valence-corrected chi connectivity index (χ1v) is 6.68. The lowest BCUT2D eigenvalue weighted by Gasteiger charge is -2.14. The minimum atomic E-state index is -4.62. The maximum Gasteiger partial charge on any atom is 0.435 e. The quantitative estimate of drug-likeness (QED) is 0.605. The van der Waals surface area contributed by atoms with Crippen LogP contribution in [0.3, 0.4) is 0 Å². The monoisotopic (exact) mass is 326 g/mol. The zero-order valence-electron chi connectivity index (χ0n) is 11.9. The molecule has 0 aliphatic carbocycles. The third-order valence-corrected chi connectivity index (χ3v) is 3.03. The van der Waals surface area contributed by atoms with E-state index in [1.807, 2.05) is 0 Å². The average Bonchev–Trinajstić information content (AvgIpc) is 3.01. The van der Waals surface area contributed by atoms with E-state index in [2.05, 4.69) is 5.10 Å². The topological polar surface area (TPSA) is 61.2 Å². The molecule has 0 amide bonds. The van der Waals surface area contributed by atoms with Gasteiger partial charge in [0, 0.05) is 12.6 Å². The fraction of sp³-hybridized carbons (Fsp3) is 0.267. The molecule has 2 rings (SSSR count). The summed E-state index contributed by atoms with van der Waals surface area (Å²) in [5.41, 5.74) is -0.411. The first-order chi connectivity index (χ1) is 10.9. The minimum Gasteiger partial charge on any atom is -0.459 e. The number of alkyl halides is 3. The lowest BCUT2D eigenvalue weighted by molar-refractivity contribution is -0.151. The predicted molar refractivity (Wildman–Crippen MR) is 73.2 cm³/mol. The number of nitrogens with zero attached hydrogens (tertiary/aromatic N) is 2. The van der Waals surface area contributed by atoms with Crippen LogP contribution in [0.15, 0.2) is 42.6 Å². The van der Waals surface area contributed by atoms with Crippen molar-refractivity contribution in [2.75, 3.05) is 0 Å². The van der Waals surface area contributed by atoms with Gasteiger partial charge in [0.1, 0.15) is 12.9 Å². The van der Waals surface area contributed by atoms with E-state index in [1.54, 1.807) is 30.3 Å². The zero-order valence-corrected chi connectivity index (χ0v) is 11.9. The smallest absolute Gasteiger partial charge is 0.435 e. The zero-order chi connectivity index (χ0) is 16.9. The number of benzene rings is 1. The Balaban J connectivity index is 2.09. The van der Waals surface area contributed by atoms with Crippen molar-refractivity contribution in [1.82, 2.24) is 9.78 Å². The van der Waals surface area contributed by atoms with E-state index in [0.717, 1.165) is 22.5 Å². The molecule has 5 nitrogen and oxygen atoms in total. The molecule has 0 radical (unpaired) electrons. The first-order valence-electron chi connectivity index (χ1n) is 6.68. The number of ether oxygens (including phenoxy) is 1. The number of rotatable bonds is 6. The Morgan fingerprint density at radius 3 is 2.52 bits per heavy atom. The highest BCUT2D eigenvalue weighted by Crippen LogP contribution is 2.28. The van der Waals surface area contributed by atoms with Crippen LogP contribution in [-0.2, 0) is 27.1 Å². The molecule has 0 bridgehead atoms. The molecular weight excluding hydrogens is 313 g/mol. The molecule has 0 saturated heterocycles. The summed E-state index contributed by atoms with van der Waals surface area (Å²) in [4.78, 5) is 22.7. The van der Waals surface area contributed by atoms with Crippen molar-refractivity contribution in [3.8, 4) is 0 Å². The van der Waals surface area contributed by atoms with Crippen LogP contribution < -0.4 is 0 Å². The van der Waals surface area contributed by atoms with E-state index in [9.17, 15) is 22.8 Å². The summed E-state index contributed by atoms with van der Waals surface area (Å²) < 4.78 is 43.5. The SMILES string of the molecule is O=CCC(C(=O)OCc1ccccc1)n1ccc(C(F)(F)F)n1. The normalized spacial score (nSPS) is 12.7. The first kappa shape index (κ1) is 16.7. The molecule has 0 spiro atoms. The van der Waals surface area contributed by atoms with E-state index < -0.39 is 23.9 Å². The summed E-state index contributed by atoms with van der Waals surface area (Å²) in [5.74, 6) is -0.822. The molecule has 0 N–H and O–H groups in total. The molecule has 1 atom stereocenters. The Bertz CT molecular complexity index is 668.